The molecule has 0 amide bonds. The average molecular weight is 262 g/mol. The Kier molecular flexibility index (Phi) is 7.11. The molecule has 108 valence electrons. The molecule has 1 aromatic rings. The van der Waals surface area contributed by atoms with Gasteiger partial charge >= 0.3 is 0 Å². The van der Waals surface area contributed by atoms with Gasteiger partial charge in [-0.2, -0.15) is 0 Å². The minimum absolute atomic E-state index is 0.349. The molecule has 19 heavy (non-hydrogen) atoms. The number of hydrogen-bond acceptors (Lipinski definition) is 2. The van der Waals surface area contributed by atoms with E-state index in [9.17, 15) is 0 Å². The summed E-state index contributed by atoms with van der Waals surface area (Å²) in [6.45, 7) is 10.8. The maximum atomic E-state index is 6.07. The predicted octanol–water partition coefficient (Wildman–Crippen LogP) is 3.90. The first-order valence-electron chi connectivity index (χ1n) is 7.66. The van der Waals surface area contributed by atoms with Gasteiger partial charge in [-0.1, -0.05) is 50.1 Å². The van der Waals surface area contributed by atoms with Crippen molar-refractivity contribution in [3.63, 3.8) is 0 Å². The monoisotopic (exact) mass is 262 g/mol. The van der Waals surface area contributed by atoms with Crippen molar-refractivity contribution in [2.75, 3.05) is 13.1 Å². The second-order valence-corrected chi connectivity index (χ2v) is 5.51. The van der Waals surface area contributed by atoms with Gasteiger partial charge in [0.1, 0.15) is 0 Å². The Labute approximate surface area is 119 Å². The van der Waals surface area contributed by atoms with Gasteiger partial charge in [-0.05, 0) is 38.8 Å². The number of aryl methyl sites for hydroxylation is 1. The summed E-state index contributed by atoms with van der Waals surface area (Å²) in [6, 6.07) is 9.77. The average Bonchev–Trinajstić information content (AvgIpc) is 2.44. The Morgan fingerprint density at radius 1 is 1.16 bits per heavy atom. The predicted molar refractivity (Wildman–Crippen MR) is 84.3 cm³/mol. The van der Waals surface area contributed by atoms with Crippen LogP contribution in [0.1, 0.15) is 57.2 Å². The van der Waals surface area contributed by atoms with Gasteiger partial charge in [-0.25, -0.2) is 0 Å². The van der Waals surface area contributed by atoms with Crippen molar-refractivity contribution in [2.24, 2.45) is 5.73 Å². The number of nitrogens with zero attached hydrogens (tertiary/aromatic N) is 1. The van der Waals surface area contributed by atoms with Gasteiger partial charge in [-0.15, -0.1) is 0 Å². The molecule has 0 fully saturated rings. The Morgan fingerprint density at radius 3 is 2.26 bits per heavy atom. The van der Waals surface area contributed by atoms with Crippen LogP contribution >= 0.6 is 0 Å². The molecule has 0 saturated carbocycles. The van der Waals surface area contributed by atoms with Crippen LogP contribution in [0.25, 0.3) is 0 Å². The van der Waals surface area contributed by atoms with E-state index in [-0.39, 0.29) is 0 Å². The van der Waals surface area contributed by atoms with Crippen molar-refractivity contribution in [3.8, 4) is 0 Å². The first-order valence-corrected chi connectivity index (χ1v) is 7.66. The van der Waals surface area contributed by atoms with Crippen molar-refractivity contribution in [1.29, 1.82) is 0 Å². The number of nitrogens with two attached hydrogens (primary N) is 1. The molecule has 1 aromatic carbocycles. The molecule has 0 radical (unpaired) electrons. The molecule has 2 nitrogen and oxygen atoms in total. The summed E-state index contributed by atoms with van der Waals surface area (Å²) in [6.07, 6.45) is 3.65. The van der Waals surface area contributed by atoms with Gasteiger partial charge in [0, 0.05) is 18.6 Å². The van der Waals surface area contributed by atoms with E-state index in [1.807, 2.05) is 0 Å². The third-order valence-electron chi connectivity index (χ3n) is 4.01. The van der Waals surface area contributed by atoms with E-state index in [1.165, 1.54) is 30.4 Å². The fraction of sp³-hybridized carbons (Fsp3) is 0.647. The molecular weight excluding hydrogens is 232 g/mol. The van der Waals surface area contributed by atoms with Crippen LogP contribution in [0.5, 0.6) is 0 Å². The zero-order valence-electron chi connectivity index (χ0n) is 13.0. The standard InChI is InChI=1S/C17H30N2/c1-5-7-12-19(15(4)6-2)17(13-18)16-10-8-14(3)9-11-16/h8-11,15,17H,5-7,12-13,18H2,1-4H3. The maximum absolute atomic E-state index is 6.07. The molecule has 0 spiro atoms. The van der Waals surface area contributed by atoms with E-state index in [2.05, 4.69) is 56.9 Å². The topological polar surface area (TPSA) is 29.3 Å². The van der Waals surface area contributed by atoms with Gasteiger partial charge in [0.25, 0.3) is 0 Å². The normalized spacial score (nSPS) is 14.6. The van der Waals surface area contributed by atoms with Crippen LogP contribution in [0.15, 0.2) is 24.3 Å². The summed E-state index contributed by atoms with van der Waals surface area (Å²) in [5.74, 6) is 0. The molecule has 0 aliphatic rings. The molecule has 2 heteroatoms. The first-order chi connectivity index (χ1) is 9.13. The largest absolute Gasteiger partial charge is 0.329 e. The van der Waals surface area contributed by atoms with Crippen LogP contribution in [0, 0.1) is 6.92 Å². The van der Waals surface area contributed by atoms with Crippen molar-refractivity contribution < 1.29 is 0 Å². The van der Waals surface area contributed by atoms with E-state index < -0.39 is 0 Å². The molecule has 0 heterocycles. The second-order valence-electron chi connectivity index (χ2n) is 5.51. The number of rotatable bonds is 8. The van der Waals surface area contributed by atoms with Crippen LogP contribution in [-0.2, 0) is 0 Å². The SMILES string of the molecule is CCCCN(C(C)CC)C(CN)c1ccc(C)cc1. The van der Waals surface area contributed by atoms with Crippen LogP contribution in [0.2, 0.25) is 0 Å². The Hall–Kier alpha value is -0.860. The van der Waals surface area contributed by atoms with Gasteiger partial charge < -0.3 is 5.73 Å². The van der Waals surface area contributed by atoms with E-state index in [1.54, 1.807) is 0 Å². The molecular formula is C17H30N2. The summed E-state index contributed by atoms with van der Waals surface area (Å²) < 4.78 is 0. The number of benzene rings is 1. The van der Waals surface area contributed by atoms with Gasteiger partial charge in [0.2, 0.25) is 0 Å². The highest BCUT2D eigenvalue weighted by Crippen LogP contribution is 2.24. The van der Waals surface area contributed by atoms with E-state index in [4.69, 9.17) is 5.73 Å². The summed E-state index contributed by atoms with van der Waals surface area (Å²) in [7, 11) is 0. The third-order valence-corrected chi connectivity index (χ3v) is 4.01. The third kappa shape index (κ3) is 4.63. The Morgan fingerprint density at radius 2 is 1.79 bits per heavy atom. The van der Waals surface area contributed by atoms with Gasteiger partial charge in [0.05, 0.1) is 0 Å². The molecule has 2 N–H and O–H groups in total. The van der Waals surface area contributed by atoms with Crippen LogP contribution in [0.3, 0.4) is 0 Å². The molecule has 0 aliphatic heterocycles. The van der Waals surface area contributed by atoms with E-state index in [0.29, 0.717) is 18.6 Å². The molecule has 0 aromatic heterocycles. The fourth-order valence-electron chi connectivity index (χ4n) is 2.51. The molecule has 2 unspecified atom stereocenters. The first kappa shape index (κ1) is 16.2. The van der Waals surface area contributed by atoms with E-state index >= 15 is 0 Å². The summed E-state index contributed by atoms with van der Waals surface area (Å²) in [4.78, 5) is 2.58. The highest BCUT2D eigenvalue weighted by Gasteiger charge is 2.22. The highest BCUT2D eigenvalue weighted by atomic mass is 15.2. The molecule has 0 aliphatic carbocycles. The molecule has 1 rings (SSSR count). The second kappa shape index (κ2) is 8.34. The van der Waals surface area contributed by atoms with Crippen molar-refractivity contribution in [3.05, 3.63) is 35.4 Å². The highest BCUT2D eigenvalue weighted by molar-refractivity contribution is 5.24. The molecule has 0 bridgehead atoms. The van der Waals surface area contributed by atoms with Crippen molar-refractivity contribution in [2.45, 2.75) is 59.0 Å². The summed E-state index contributed by atoms with van der Waals surface area (Å²) >= 11 is 0. The zero-order valence-corrected chi connectivity index (χ0v) is 13.0. The minimum Gasteiger partial charge on any atom is -0.329 e. The van der Waals surface area contributed by atoms with E-state index in [0.717, 1.165) is 6.54 Å². The fourth-order valence-corrected chi connectivity index (χ4v) is 2.51. The molecule has 2 atom stereocenters. The summed E-state index contributed by atoms with van der Waals surface area (Å²) in [5.41, 5.74) is 8.73. The van der Waals surface area contributed by atoms with Gasteiger partial charge in [-0.3, -0.25) is 4.90 Å². The van der Waals surface area contributed by atoms with Gasteiger partial charge in [0.15, 0.2) is 0 Å². The minimum atomic E-state index is 0.349. The molecule has 0 saturated heterocycles. The number of hydrogen-bond donors (Lipinski definition) is 1. The van der Waals surface area contributed by atoms with Crippen molar-refractivity contribution >= 4 is 0 Å². The van der Waals surface area contributed by atoms with Crippen LogP contribution < -0.4 is 5.73 Å². The Bertz CT molecular complexity index is 345. The lowest BCUT2D eigenvalue weighted by atomic mass is 10.0. The maximum Gasteiger partial charge on any atom is 0.0473 e. The lowest BCUT2D eigenvalue weighted by molar-refractivity contribution is 0.141. The Balaban J connectivity index is 2.91. The number of unbranched alkanes of at least 4 members (excludes halogenated alkanes) is 1. The zero-order chi connectivity index (χ0) is 14.3. The van der Waals surface area contributed by atoms with Crippen molar-refractivity contribution in [1.82, 2.24) is 4.90 Å². The summed E-state index contributed by atoms with van der Waals surface area (Å²) in [5, 5.41) is 0. The smallest absolute Gasteiger partial charge is 0.0473 e. The lowest BCUT2D eigenvalue weighted by Crippen LogP contribution is -2.40. The quantitative estimate of drug-likeness (QED) is 0.770. The van der Waals surface area contributed by atoms with Crippen LogP contribution in [-0.4, -0.2) is 24.0 Å². The van der Waals surface area contributed by atoms with Crippen LogP contribution in [0.4, 0.5) is 0 Å². The lowest BCUT2D eigenvalue weighted by Gasteiger charge is -2.36.